The first-order valence-electron chi connectivity index (χ1n) is 5.48. The van der Waals surface area contributed by atoms with Crippen LogP contribution in [0.4, 0.5) is 0 Å². The van der Waals surface area contributed by atoms with E-state index in [1.54, 1.807) is 0 Å². The van der Waals surface area contributed by atoms with Crippen molar-refractivity contribution in [1.82, 2.24) is 0 Å². The molecule has 0 amide bonds. The van der Waals surface area contributed by atoms with E-state index in [4.69, 9.17) is 0 Å². The van der Waals surface area contributed by atoms with Gasteiger partial charge in [-0.25, -0.2) is 0 Å². The Morgan fingerprint density at radius 1 is 1.31 bits per heavy atom. The summed E-state index contributed by atoms with van der Waals surface area (Å²) in [5.74, 6) is 0.777. The van der Waals surface area contributed by atoms with Crippen LogP contribution in [-0.4, -0.2) is 11.2 Å². The predicted octanol–water partition coefficient (Wildman–Crippen LogP) is 3.53. The van der Waals surface area contributed by atoms with E-state index in [2.05, 4.69) is 19.9 Å². The molecule has 1 N–H and O–H groups in total. The van der Waals surface area contributed by atoms with Crippen LogP contribution in [0.15, 0.2) is 11.6 Å². The van der Waals surface area contributed by atoms with Crippen molar-refractivity contribution in [3.63, 3.8) is 0 Å². The van der Waals surface area contributed by atoms with Gasteiger partial charge in [-0.2, -0.15) is 0 Å². The van der Waals surface area contributed by atoms with Crippen LogP contribution < -0.4 is 0 Å². The molecule has 0 fully saturated rings. The Hall–Kier alpha value is -0.300. The number of aliphatic hydroxyl groups is 1. The second-order valence-electron chi connectivity index (χ2n) is 3.84. The van der Waals surface area contributed by atoms with Crippen LogP contribution in [0.2, 0.25) is 0 Å². The fourth-order valence-electron chi connectivity index (χ4n) is 1.38. The van der Waals surface area contributed by atoms with E-state index in [0.717, 1.165) is 18.8 Å². The number of hydrogen-bond donors (Lipinski definition) is 1. The van der Waals surface area contributed by atoms with Crippen molar-refractivity contribution in [3.8, 4) is 0 Å². The molecule has 78 valence electrons. The van der Waals surface area contributed by atoms with Gasteiger partial charge in [-0.15, -0.1) is 0 Å². The summed E-state index contributed by atoms with van der Waals surface area (Å²) in [6.07, 6.45) is 6.18. The summed E-state index contributed by atoms with van der Waals surface area (Å²) >= 11 is 0. The second kappa shape index (κ2) is 7.14. The summed E-state index contributed by atoms with van der Waals surface area (Å²) in [5, 5.41) is 9.63. The largest absolute Gasteiger partial charge is 0.389 e. The van der Waals surface area contributed by atoms with E-state index in [0.29, 0.717) is 0 Å². The highest BCUT2D eigenvalue weighted by molar-refractivity contribution is 5.06. The standard InChI is InChI=1S/C12H24O/c1-5-10(4)8-9-11(6-2)12(13)7-3/h6,10,12-13H,5,7-9H2,1-4H3/b11-6+/t10-,12-/m1/s1. The molecule has 2 atom stereocenters. The minimum absolute atomic E-state index is 0.214. The molecule has 0 aromatic rings. The summed E-state index contributed by atoms with van der Waals surface area (Å²) in [5.41, 5.74) is 1.21. The molecule has 0 saturated heterocycles. The lowest BCUT2D eigenvalue weighted by molar-refractivity contribution is 0.200. The lowest BCUT2D eigenvalue weighted by Crippen LogP contribution is -2.09. The van der Waals surface area contributed by atoms with Crippen LogP contribution in [0, 0.1) is 5.92 Å². The van der Waals surface area contributed by atoms with Crippen molar-refractivity contribution >= 4 is 0 Å². The summed E-state index contributed by atoms with van der Waals surface area (Å²) in [7, 11) is 0. The molecule has 0 aromatic heterocycles. The van der Waals surface area contributed by atoms with Gasteiger partial charge in [-0.3, -0.25) is 0 Å². The third kappa shape index (κ3) is 5.09. The molecule has 1 heteroatoms. The van der Waals surface area contributed by atoms with Gasteiger partial charge in [-0.05, 0) is 37.7 Å². The summed E-state index contributed by atoms with van der Waals surface area (Å²) in [6, 6.07) is 0. The third-order valence-corrected chi connectivity index (χ3v) is 2.81. The molecule has 0 rings (SSSR count). The average molecular weight is 184 g/mol. The van der Waals surface area contributed by atoms with E-state index >= 15 is 0 Å². The molecule has 13 heavy (non-hydrogen) atoms. The van der Waals surface area contributed by atoms with E-state index < -0.39 is 0 Å². The first-order valence-corrected chi connectivity index (χ1v) is 5.48. The average Bonchev–Trinajstić information content (AvgIpc) is 2.17. The topological polar surface area (TPSA) is 20.2 Å². The summed E-state index contributed by atoms with van der Waals surface area (Å²) < 4.78 is 0. The Morgan fingerprint density at radius 3 is 2.31 bits per heavy atom. The first kappa shape index (κ1) is 12.7. The highest BCUT2D eigenvalue weighted by Gasteiger charge is 2.08. The Morgan fingerprint density at radius 2 is 1.92 bits per heavy atom. The number of allylic oxidation sites excluding steroid dienone is 1. The molecule has 0 heterocycles. The van der Waals surface area contributed by atoms with Crippen LogP contribution >= 0.6 is 0 Å². The van der Waals surface area contributed by atoms with Crippen molar-refractivity contribution < 1.29 is 5.11 Å². The van der Waals surface area contributed by atoms with Crippen LogP contribution in [0.25, 0.3) is 0 Å². The minimum atomic E-state index is -0.214. The van der Waals surface area contributed by atoms with E-state index in [1.807, 2.05) is 13.8 Å². The van der Waals surface area contributed by atoms with Crippen LogP contribution in [-0.2, 0) is 0 Å². The monoisotopic (exact) mass is 184 g/mol. The van der Waals surface area contributed by atoms with Gasteiger partial charge in [0.1, 0.15) is 0 Å². The van der Waals surface area contributed by atoms with Crippen LogP contribution in [0.1, 0.15) is 53.4 Å². The van der Waals surface area contributed by atoms with Gasteiger partial charge in [0, 0.05) is 0 Å². The molecule has 1 nitrogen and oxygen atoms in total. The Labute approximate surface area is 82.9 Å². The molecule has 0 aromatic carbocycles. The fraction of sp³-hybridized carbons (Fsp3) is 0.833. The van der Waals surface area contributed by atoms with Gasteiger partial charge in [0.2, 0.25) is 0 Å². The Bertz CT molecular complexity index is 149. The van der Waals surface area contributed by atoms with E-state index in [9.17, 15) is 5.11 Å². The highest BCUT2D eigenvalue weighted by atomic mass is 16.3. The van der Waals surface area contributed by atoms with Crippen molar-refractivity contribution in [2.75, 3.05) is 0 Å². The molecule has 0 saturated carbocycles. The van der Waals surface area contributed by atoms with Gasteiger partial charge >= 0.3 is 0 Å². The van der Waals surface area contributed by atoms with E-state index in [-0.39, 0.29) is 6.10 Å². The maximum absolute atomic E-state index is 9.63. The Kier molecular flexibility index (Phi) is 6.97. The smallest absolute Gasteiger partial charge is 0.0747 e. The lowest BCUT2D eigenvalue weighted by Gasteiger charge is -2.15. The zero-order valence-corrected chi connectivity index (χ0v) is 9.51. The van der Waals surface area contributed by atoms with Gasteiger partial charge in [0.25, 0.3) is 0 Å². The molecule has 0 aliphatic carbocycles. The van der Waals surface area contributed by atoms with E-state index in [1.165, 1.54) is 18.4 Å². The zero-order valence-electron chi connectivity index (χ0n) is 9.51. The van der Waals surface area contributed by atoms with Gasteiger partial charge in [0.15, 0.2) is 0 Å². The van der Waals surface area contributed by atoms with Crippen molar-refractivity contribution in [3.05, 3.63) is 11.6 Å². The van der Waals surface area contributed by atoms with Gasteiger partial charge < -0.3 is 5.11 Å². The van der Waals surface area contributed by atoms with Gasteiger partial charge in [-0.1, -0.05) is 33.3 Å². The quantitative estimate of drug-likeness (QED) is 0.626. The molecule has 0 unspecified atom stereocenters. The molecule has 0 radical (unpaired) electrons. The van der Waals surface area contributed by atoms with Crippen molar-refractivity contribution in [2.24, 2.45) is 5.92 Å². The Balaban J connectivity index is 3.87. The molecular formula is C12H24O. The number of aliphatic hydroxyl groups excluding tert-OH is 1. The van der Waals surface area contributed by atoms with Crippen molar-refractivity contribution in [1.29, 1.82) is 0 Å². The minimum Gasteiger partial charge on any atom is -0.389 e. The van der Waals surface area contributed by atoms with Crippen LogP contribution in [0.5, 0.6) is 0 Å². The molecule has 0 aliphatic rings. The zero-order chi connectivity index (χ0) is 10.3. The molecular weight excluding hydrogens is 160 g/mol. The van der Waals surface area contributed by atoms with Crippen molar-refractivity contribution in [2.45, 2.75) is 59.5 Å². The SMILES string of the molecule is C/C=C(\CC[C@H](C)CC)[C@H](O)CC. The predicted molar refractivity (Wildman–Crippen MR) is 58.7 cm³/mol. The maximum atomic E-state index is 9.63. The highest BCUT2D eigenvalue weighted by Crippen LogP contribution is 2.18. The normalized spacial score (nSPS) is 17.2. The lowest BCUT2D eigenvalue weighted by atomic mass is 9.95. The molecule has 0 spiro atoms. The summed E-state index contributed by atoms with van der Waals surface area (Å²) in [6.45, 7) is 8.53. The number of hydrogen-bond acceptors (Lipinski definition) is 1. The fourth-order valence-corrected chi connectivity index (χ4v) is 1.38. The second-order valence-corrected chi connectivity index (χ2v) is 3.84. The molecule has 0 bridgehead atoms. The summed E-state index contributed by atoms with van der Waals surface area (Å²) in [4.78, 5) is 0. The number of rotatable bonds is 6. The first-order chi connectivity index (χ1) is 6.15. The third-order valence-electron chi connectivity index (χ3n) is 2.81. The van der Waals surface area contributed by atoms with Crippen LogP contribution in [0.3, 0.4) is 0 Å². The molecule has 0 aliphatic heterocycles. The van der Waals surface area contributed by atoms with Gasteiger partial charge in [0.05, 0.1) is 6.10 Å². The maximum Gasteiger partial charge on any atom is 0.0747 e.